The van der Waals surface area contributed by atoms with Crippen molar-refractivity contribution in [1.29, 1.82) is 0 Å². The molecule has 0 fully saturated rings. The summed E-state index contributed by atoms with van der Waals surface area (Å²) in [7, 11) is 2.06. The third kappa shape index (κ3) is 9.32. The lowest BCUT2D eigenvalue weighted by Gasteiger charge is -2.20. The highest BCUT2D eigenvalue weighted by atomic mass is 16.5. The topological polar surface area (TPSA) is 87.7 Å². The van der Waals surface area contributed by atoms with Gasteiger partial charge in [-0.15, -0.1) is 0 Å². The van der Waals surface area contributed by atoms with Gasteiger partial charge in [0, 0.05) is 24.4 Å². The summed E-state index contributed by atoms with van der Waals surface area (Å²) in [4.78, 5) is 37.3. The van der Waals surface area contributed by atoms with E-state index in [0.717, 1.165) is 24.9 Å². The van der Waals surface area contributed by atoms with E-state index in [0.29, 0.717) is 24.9 Å². The molecule has 0 aliphatic carbocycles. The smallest absolute Gasteiger partial charge is 0.330 e. The first kappa shape index (κ1) is 23.4. The Bertz CT molecular complexity index is 669. The minimum Gasteiger partial charge on any atom is -0.463 e. The van der Waals surface area contributed by atoms with Gasteiger partial charge >= 0.3 is 17.8 Å². The SMILES string of the molecule is CCOC(=O)/C=C/c1ccc(NC(=O)C(=O)NCCCCN(C)C(C)C)cc1. The summed E-state index contributed by atoms with van der Waals surface area (Å²) < 4.78 is 4.81. The number of benzene rings is 1. The van der Waals surface area contributed by atoms with Gasteiger partial charge in [-0.2, -0.15) is 0 Å². The first-order valence-electron chi connectivity index (χ1n) is 9.57. The number of ether oxygens (including phenoxy) is 1. The molecule has 0 aliphatic heterocycles. The lowest BCUT2D eigenvalue weighted by Crippen LogP contribution is -2.36. The highest BCUT2D eigenvalue weighted by Gasteiger charge is 2.13. The van der Waals surface area contributed by atoms with Crippen molar-refractivity contribution >= 4 is 29.5 Å². The lowest BCUT2D eigenvalue weighted by molar-refractivity contribution is -0.137. The van der Waals surface area contributed by atoms with Crippen LogP contribution in [0.1, 0.15) is 39.2 Å². The van der Waals surface area contributed by atoms with Crippen LogP contribution in [0.5, 0.6) is 0 Å². The second-order valence-corrected chi connectivity index (χ2v) is 6.70. The molecule has 0 spiro atoms. The number of nitrogens with zero attached hydrogens (tertiary/aromatic N) is 1. The number of anilines is 1. The fourth-order valence-corrected chi connectivity index (χ4v) is 2.25. The maximum Gasteiger partial charge on any atom is 0.330 e. The molecule has 1 rings (SSSR count). The van der Waals surface area contributed by atoms with E-state index in [1.54, 1.807) is 37.3 Å². The molecule has 28 heavy (non-hydrogen) atoms. The van der Waals surface area contributed by atoms with E-state index >= 15 is 0 Å². The molecule has 7 nitrogen and oxygen atoms in total. The van der Waals surface area contributed by atoms with E-state index in [2.05, 4.69) is 36.4 Å². The molecule has 0 aliphatic rings. The summed E-state index contributed by atoms with van der Waals surface area (Å²) in [6.45, 7) is 7.76. The molecule has 154 valence electrons. The number of amides is 2. The Balaban J connectivity index is 2.35. The van der Waals surface area contributed by atoms with Crippen LogP contribution in [0.2, 0.25) is 0 Å². The molecule has 2 amide bonds. The molecule has 0 atom stereocenters. The minimum atomic E-state index is -0.700. The summed E-state index contributed by atoms with van der Waals surface area (Å²) in [5.74, 6) is -1.76. The third-order valence-electron chi connectivity index (χ3n) is 4.18. The van der Waals surface area contributed by atoms with Crippen LogP contribution in [0.15, 0.2) is 30.3 Å². The number of hydrogen-bond acceptors (Lipinski definition) is 5. The molecule has 0 radical (unpaired) electrons. The molecule has 7 heteroatoms. The third-order valence-corrected chi connectivity index (χ3v) is 4.18. The second-order valence-electron chi connectivity index (χ2n) is 6.70. The zero-order valence-electron chi connectivity index (χ0n) is 17.2. The second kappa shape index (κ2) is 12.7. The molecule has 0 bridgehead atoms. The number of nitrogens with one attached hydrogen (secondary N) is 2. The predicted octanol–water partition coefficient (Wildman–Crippen LogP) is 2.44. The fraction of sp³-hybridized carbons (Fsp3) is 0.476. The Hall–Kier alpha value is -2.67. The van der Waals surface area contributed by atoms with Gasteiger partial charge in [0.1, 0.15) is 0 Å². The number of hydrogen-bond donors (Lipinski definition) is 2. The zero-order chi connectivity index (χ0) is 20.9. The van der Waals surface area contributed by atoms with Crippen LogP contribution in [-0.2, 0) is 19.1 Å². The van der Waals surface area contributed by atoms with E-state index in [1.807, 2.05) is 0 Å². The van der Waals surface area contributed by atoms with Crippen LogP contribution >= 0.6 is 0 Å². The largest absolute Gasteiger partial charge is 0.463 e. The molecule has 0 unspecified atom stereocenters. The van der Waals surface area contributed by atoms with Crippen molar-refractivity contribution in [2.45, 2.75) is 39.7 Å². The Morgan fingerprint density at radius 2 is 1.79 bits per heavy atom. The maximum atomic E-state index is 11.9. The number of unbranched alkanes of at least 4 members (excludes halogenated alkanes) is 1. The van der Waals surface area contributed by atoms with Gasteiger partial charge in [0.05, 0.1) is 6.61 Å². The van der Waals surface area contributed by atoms with Crippen molar-refractivity contribution in [2.75, 3.05) is 32.1 Å². The van der Waals surface area contributed by atoms with Gasteiger partial charge in [-0.25, -0.2) is 4.79 Å². The van der Waals surface area contributed by atoms with E-state index in [4.69, 9.17) is 4.74 Å². The molecule has 1 aromatic carbocycles. The fourth-order valence-electron chi connectivity index (χ4n) is 2.25. The lowest BCUT2D eigenvalue weighted by atomic mass is 10.2. The quantitative estimate of drug-likeness (QED) is 0.278. The normalized spacial score (nSPS) is 11.1. The summed E-state index contributed by atoms with van der Waals surface area (Å²) in [5.41, 5.74) is 1.29. The summed E-state index contributed by atoms with van der Waals surface area (Å²) in [5, 5.41) is 5.18. The minimum absolute atomic E-state index is 0.325. The molecule has 2 N–H and O–H groups in total. The average molecular weight is 389 g/mol. The molecular formula is C21H31N3O4. The Labute approximate surface area is 167 Å². The molecule has 1 aromatic rings. The van der Waals surface area contributed by atoms with Crippen molar-refractivity contribution in [3.05, 3.63) is 35.9 Å². The van der Waals surface area contributed by atoms with Crippen molar-refractivity contribution in [3.63, 3.8) is 0 Å². The van der Waals surface area contributed by atoms with E-state index in [9.17, 15) is 14.4 Å². The summed E-state index contributed by atoms with van der Waals surface area (Å²) in [6.07, 6.45) is 4.73. The molecule has 0 heterocycles. The number of carbonyl (C=O) groups excluding carboxylic acids is 3. The zero-order valence-corrected chi connectivity index (χ0v) is 17.2. The van der Waals surface area contributed by atoms with Crippen LogP contribution in [0.3, 0.4) is 0 Å². The number of esters is 1. The van der Waals surface area contributed by atoms with Crippen LogP contribution in [-0.4, -0.2) is 55.5 Å². The van der Waals surface area contributed by atoms with Gasteiger partial charge in [0.2, 0.25) is 0 Å². The van der Waals surface area contributed by atoms with Crippen molar-refractivity contribution in [1.82, 2.24) is 10.2 Å². The first-order chi connectivity index (χ1) is 13.3. The van der Waals surface area contributed by atoms with Gasteiger partial charge in [0.25, 0.3) is 0 Å². The Kier molecular flexibility index (Phi) is 10.6. The first-order valence-corrected chi connectivity index (χ1v) is 9.57. The standard InChI is InChI=1S/C21H31N3O4/c1-5-28-19(25)13-10-17-8-11-18(12-9-17)23-21(27)20(26)22-14-6-7-15-24(4)16(2)3/h8-13,16H,5-7,14-15H2,1-4H3,(H,22,26)(H,23,27)/b13-10+. The molecular weight excluding hydrogens is 358 g/mol. The van der Waals surface area contributed by atoms with Crippen LogP contribution in [0.4, 0.5) is 5.69 Å². The number of carbonyl (C=O) groups is 3. The number of rotatable bonds is 10. The Morgan fingerprint density at radius 3 is 2.39 bits per heavy atom. The monoisotopic (exact) mass is 389 g/mol. The average Bonchev–Trinajstić information content (AvgIpc) is 2.66. The molecule has 0 saturated carbocycles. The van der Waals surface area contributed by atoms with E-state index in [-0.39, 0.29) is 0 Å². The maximum absolute atomic E-state index is 11.9. The summed E-state index contributed by atoms with van der Waals surface area (Å²) >= 11 is 0. The van der Waals surface area contributed by atoms with Crippen LogP contribution in [0.25, 0.3) is 6.08 Å². The van der Waals surface area contributed by atoms with E-state index < -0.39 is 17.8 Å². The Morgan fingerprint density at radius 1 is 1.11 bits per heavy atom. The van der Waals surface area contributed by atoms with Gasteiger partial charge in [0.15, 0.2) is 0 Å². The summed E-state index contributed by atoms with van der Waals surface area (Å²) in [6, 6.07) is 7.28. The molecule has 0 aromatic heterocycles. The van der Waals surface area contributed by atoms with Crippen molar-refractivity contribution < 1.29 is 19.1 Å². The van der Waals surface area contributed by atoms with Crippen molar-refractivity contribution in [3.8, 4) is 0 Å². The van der Waals surface area contributed by atoms with Gasteiger partial charge in [-0.05, 0) is 71.0 Å². The highest BCUT2D eigenvalue weighted by Crippen LogP contribution is 2.11. The van der Waals surface area contributed by atoms with Gasteiger partial charge in [-0.3, -0.25) is 9.59 Å². The van der Waals surface area contributed by atoms with Crippen molar-refractivity contribution in [2.24, 2.45) is 0 Å². The van der Waals surface area contributed by atoms with Crippen LogP contribution in [0, 0.1) is 0 Å². The van der Waals surface area contributed by atoms with Gasteiger partial charge < -0.3 is 20.3 Å². The predicted molar refractivity (Wildman–Crippen MR) is 111 cm³/mol. The van der Waals surface area contributed by atoms with Gasteiger partial charge in [-0.1, -0.05) is 12.1 Å². The highest BCUT2D eigenvalue weighted by molar-refractivity contribution is 6.39. The molecule has 0 saturated heterocycles. The van der Waals surface area contributed by atoms with E-state index in [1.165, 1.54) is 6.08 Å². The van der Waals surface area contributed by atoms with Crippen LogP contribution < -0.4 is 10.6 Å².